The predicted octanol–water partition coefficient (Wildman–Crippen LogP) is 2.63. The van der Waals surface area contributed by atoms with Gasteiger partial charge >= 0.3 is 0 Å². The molecule has 0 aliphatic carbocycles. The molecule has 24 heavy (non-hydrogen) atoms. The minimum Gasteiger partial charge on any atom is -0.387 e. The first kappa shape index (κ1) is 18.8. The van der Waals surface area contributed by atoms with E-state index in [1.54, 1.807) is 0 Å². The van der Waals surface area contributed by atoms with Gasteiger partial charge in [0.25, 0.3) is 0 Å². The highest BCUT2D eigenvalue weighted by molar-refractivity contribution is 5.75. The third-order valence-corrected chi connectivity index (χ3v) is 4.43. The van der Waals surface area contributed by atoms with Crippen molar-refractivity contribution in [3.05, 3.63) is 35.4 Å². The number of rotatable bonds is 7. The van der Waals surface area contributed by atoms with E-state index in [-0.39, 0.29) is 5.91 Å². The number of nitrogens with zero attached hydrogens (tertiary/aromatic N) is 1. The van der Waals surface area contributed by atoms with Crippen LogP contribution in [0.1, 0.15) is 44.3 Å². The standard InChI is InChI=1S/C18H26F2N2O2/c1-2-4-18(24)21-10-13-5-3-8-22(11-13)12-17(23)14-6-7-15(19)16(20)9-14/h6-7,9,13,17,23H,2-5,8,10-12H2,1H3,(H,21,24). The maximum Gasteiger partial charge on any atom is 0.219 e. The molecule has 1 saturated heterocycles. The predicted molar refractivity (Wildman–Crippen MR) is 88.4 cm³/mol. The minimum atomic E-state index is -0.943. The fourth-order valence-corrected chi connectivity index (χ4v) is 3.13. The Kier molecular flexibility index (Phi) is 7.12. The molecule has 2 N–H and O–H groups in total. The number of carbonyl (C=O) groups is 1. The average molecular weight is 340 g/mol. The quantitative estimate of drug-likeness (QED) is 0.802. The van der Waals surface area contributed by atoms with Crippen LogP contribution in [0.2, 0.25) is 0 Å². The number of benzene rings is 1. The van der Waals surface area contributed by atoms with Gasteiger partial charge in [-0.1, -0.05) is 13.0 Å². The minimum absolute atomic E-state index is 0.0800. The van der Waals surface area contributed by atoms with E-state index >= 15 is 0 Å². The second kappa shape index (κ2) is 9.08. The smallest absolute Gasteiger partial charge is 0.219 e. The van der Waals surface area contributed by atoms with Crippen LogP contribution < -0.4 is 5.32 Å². The van der Waals surface area contributed by atoms with Gasteiger partial charge in [0.1, 0.15) is 0 Å². The third-order valence-electron chi connectivity index (χ3n) is 4.43. The van der Waals surface area contributed by atoms with E-state index in [0.717, 1.165) is 44.5 Å². The summed E-state index contributed by atoms with van der Waals surface area (Å²) in [5.41, 5.74) is 0.382. The van der Waals surface area contributed by atoms with Crippen molar-refractivity contribution in [1.29, 1.82) is 0 Å². The van der Waals surface area contributed by atoms with E-state index in [1.165, 1.54) is 6.07 Å². The molecule has 1 heterocycles. The number of carbonyl (C=O) groups excluding carboxylic acids is 1. The first-order valence-electron chi connectivity index (χ1n) is 8.61. The lowest BCUT2D eigenvalue weighted by Crippen LogP contribution is -2.42. The van der Waals surface area contributed by atoms with Crippen LogP contribution in [0.15, 0.2) is 18.2 Å². The van der Waals surface area contributed by atoms with Crippen molar-refractivity contribution < 1.29 is 18.7 Å². The number of amides is 1. The van der Waals surface area contributed by atoms with Crippen LogP contribution in [-0.4, -0.2) is 42.1 Å². The van der Waals surface area contributed by atoms with Gasteiger partial charge in [0.15, 0.2) is 11.6 Å². The van der Waals surface area contributed by atoms with E-state index in [4.69, 9.17) is 0 Å². The number of nitrogens with one attached hydrogen (secondary N) is 1. The molecule has 6 heteroatoms. The molecule has 0 bridgehead atoms. The number of hydrogen-bond acceptors (Lipinski definition) is 3. The summed E-state index contributed by atoms with van der Waals surface area (Å²) in [5, 5.41) is 13.2. The van der Waals surface area contributed by atoms with E-state index in [1.807, 2.05) is 6.92 Å². The van der Waals surface area contributed by atoms with Crippen molar-refractivity contribution in [2.24, 2.45) is 5.92 Å². The zero-order chi connectivity index (χ0) is 17.5. The fourth-order valence-electron chi connectivity index (χ4n) is 3.13. The molecule has 0 aromatic heterocycles. The summed E-state index contributed by atoms with van der Waals surface area (Å²) < 4.78 is 26.3. The number of aliphatic hydroxyl groups is 1. The molecular weight excluding hydrogens is 314 g/mol. The normalized spacial score (nSPS) is 19.9. The number of β-amino-alcohol motifs (C(OH)–C–C–N with tert-alkyl or cyclic N) is 1. The van der Waals surface area contributed by atoms with Crippen molar-refractivity contribution in [3.8, 4) is 0 Å². The molecule has 2 atom stereocenters. The lowest BCUT2D eigenvalue weighted by atomic mass is 9.97. The van der Waals surface area contributed by atoms with Crippen molar-refractivity contribution in [1.82, 2.24) is 10.2 Å². The Morgan fingerprint density at radius 3 is 2.92 bits per heavy atom. The molecule has 0 saturated carbocycles. The highest BCUT2D eigenvalue weighted by Gasteiger charge is 2.23. The van der Waals surface area contributed by atoms with E-state index in [0.29, 0.717) is 31.0 Å². The summed E-state index contributed by atoms with van der Waals surface area (Å²) in [6.45, 7) is 4.65. The van der Waals surface area contributed by atoms with Crippen LogP contribution in [0, 0.1) is 17.6 Å². The molecule has 1 aliphatic heterocycles. The van der Waals surface area contributed by atoms with Gasteiger partial charge in [-0.15, -0.1) is 0 Å². The lowest BCUT2D eigenvalue weighted by Gasteiger charge is -2.34. The van der Waals surface area contributed by atoms with Crippen LogP contribution in [0.5, 0.6) is 0 Å². The van der Waals surface area contributed by atoms with Crippen LogP contribution in [0.4, 0.5) is 8.78 Å². The first-order chi connectivity index (χ1) is 11.5. The van der Waals surface area contributed by atoms with Crippen molar-refractivity contribution >= 4 is 5.91 Å². The average Bonchev–Trinajstić information content (AvgIpc) is 2.56. The summed E-state index contributed by atoms with van der Waals surface area (Å²) in [4.78, 5) is 13.7. The molecule has 1 aliphatic rings. The number of likely N-dealkylation sites (tertiary alicyclic amines) is 1. The van der Waals surface area contributed by atoms with Crippen molar-refractivity contribution in [3.63, 3.8) is 0 Å². The monoisotopic (exact) mass is 340 g/mol. The first-order valence-corrected chi connectivity index (χ1v) is 8.61. The molecular formula is C18H26F2N2O2. The molecule has 2 rings (SSSR count). The summed E-state index contributed by atoms with van der Waals surface area (Å²) in [6.07, 6.45) is 2.57. The van der Waals surface area contributed by atoms with Crippen LogP contribution in [-0.2, 0) is 4.79 Å². The Bertz CT molecular complexity index is 554. The maximum atomic E-state index is 13.3. The van der Waals surface area contributed by atoms with Crippen LogP contribution in [0.25, 0.3) is 0 Å². The molecule has 1 aromatic rings. The largest absolute Gasteiger partial charge is 0.387 e. The summed E-state index contributed by atoms with van der Waals surface area (Å²) in [7, 11) is 0. The van der Waals surface area contributed by atoms with Crippen molar-refractivity contribution in [2.75, 3.05) is 26.2 Å². The van der Waals surface area contributed by atoms with Gasteiger partial charge in [0, 0.05) is 26.1 Å². The number of halogens is 2. The Morgan fingerprint density at radius 2 is 2.21 bits per heavy atom. The second-order valence-corrected chi connectivity index (χ2v) is 6.51. The molecule has 1 aromatic carbocycles. The highest BCUT2D eigenvalue weighted by Crippen LogP contribution is 2.21. The lowest BCUT2D eigenvalue weighted by molar-refractivity contribution is -0.121. The molecule has 1 fully saturated rings. The second-order valence-electron chi connectivity index (χ2n) is 6.51. The topological polar surface area (TPSA) is 52.6 Å². The fraction of sp³-hybridized carbons (Fsp3) is 0.611. The Morgan fingerprint density at radius 1 is 1.42 bits per heavy atom. The van der Waals surface area contributed by atoms with Crippen molar-refractivity contribution in [2.45, 2.75) is 38.7 Å². The maximum absolute atomic E-state index is 13.3. The summed E-state index contributed by atoms with van der Waals surface area (Å²) >= 11 is 0. The molecule has 4 nitrogen and oxygen atoms in total. The van der Waals surface area contributed by atoms with E-state index in [9.17, 15) is 18.7 Å². The third kappa shape index (κ3) is 5.53. The Balaban J connectivity index is 1.83. The van der Waals surface area contributed by atoms with E-state index < -0.39 is 17.7 Å². The van der Waals surface area contributed by atoms with Gasteiger partial charge < -0.3 is 15.3 Å². The van der Waals surface area contributed by atoms with Gasteiger partial charge in [0.2, 0.25) is 5.91 Å². The van der Waals surface area contributed by atoms with Gasteiger partial charge in [-0.25, -0.2) is 8.78 Å². The number of aliphatic hydroxyl groups excluding tert-OH is 1. The molecule has 0 radical (unpaired) electrons. The van der Waals surface area contributed by atoms with E-state index in [2.05, 4.69) is 10.2 Å². The Labute approximate surface area is 141 Å². The zero-order valence-corrected chi connectivity index (χ0v) is 14.1. The summed E-state index contributed by atoms with van der Waals surface area (Å²) in [6, 6.07) is 3.50. The Hall–Kier alpha value is -1.53. The molecule has 0 spiro atoms. The van der Waals surface area contributed by atoms with Crippen LogP contribution >= 0.6 is 0 Å². The van der Waals surface area contributed by atoms with Crippen LogP contribution in [0.3, 0.4) is 0 Å². The SMILES string of the molecule is CCCC(=O)NCC1CCCN(CC(O)c2ccc(F)c(F)c2)C1. The zero-order valence-electron chi connectivity index (χ0n) is 14.1. The highest BCUT2D eigenvalue weighted by atomic mass is 19.2. The van der Waals surface area contributed by atoms with Gasteiger partial charge in [-0.05, 0) is 49.4 Å². The molecule has 2 unspecified atom stereocenters. The van der Waals surface area contributed by atoms with Gasteiger partial charge in [-0.3, -0.25) is 4.79 Å². The van der Waals surface area contributed by atoms with Gasteiger partial charge in [0.05, 0.1) is 6.10 Å². The number of hydrogen-bond donors (Lipinski definition) is 2. The number of piperidine rings is 1. The molecule has 134 valence electrons. The molecule has 1 amide bonds. The summed E-state index contributed by atoms with van der Waals surface area (Å²) in [5.74, 6) is -1.42. The van der Waals surface area contributed by atoms with Gasteiger partial charge in [-0.2, -0.15) is 0 Å².